The van der Waals surface area contributed by atoms with Gasteiger partial charge in [0.15, 0.2) is 0 Å². The van der Waals surface area contributed by atoms with Crippen molar-refractivity contribution in [2.45, 2.75) is 26.1 Å². The topological polar surface area (TPSA) is 37.3 Å². The number of para-hydroxylation sites is 1. The summed E-state index contributed by atoms with van der Waals surface area (Å²) in [5.41, 5.74) is 6.57. The van der Waals surface area contributed by atoms with Gasteiger partial charge in [0, 0.05) is 51.7 Å². The molecule has 4 heteroatoms. The van der Waals surface area contributed by atoms with Crippen molar-refractivity contribution >= 4 is 33.4 Å². The molecule has 4 aromatic carbocycles. The summed E-state index contributed by atoms with van der Waals surface area (Å²) in [6.45, 7) is 3.77. The molecule has 0 spiro atoms. The van der Waals surface area contributed by atoms with E-state index in [1.165, 1.54) is 27.4 Å². The number of fused-ring (bicyclic) bond motifs is 4. The fourth-order valence-corrected chi connectivity index (χ4v) is 5.29. The van der Waals surface area contributed by atoms with Gasteiger partial charge in [-0.2, -0.15) is 0 Å². The highest BCUT2D eigenvalue weighted by Crippen LogP contribution is 2.36. The zero-order valence-corrected chi connectivity index (χ0v) is 19.2. The van der Waals surface area contributed by atoms with Gasteiger partial charge in [-0.15, -0.1) is 0 Å². The summed E-state index contributed by atoms with van der Waals surface area (Å²) in [6, 6.07) is 33.4. The lowest BCUT2D eigenvalue weighted by atomic mass is 10.1. The zero-order valence-electron chi connectivity index (χ0n) is 19.2. The molecule has 0 bridgehead atoms. The molecule has 1 amide bonds. The van der Waals surface area contributed by atoms with Gasteiger partial charge in [-0.1, -0.05) is 66.7 Å². The Labute approximate surface area is 199 Å². The van der Waals surface area contributed by atoms with E-state index in [0.717, 1.165) is 29.8 Å². The van der Waals surface area contributed by atoms with Crippen LogP contribution in [-0.4, -0.2) is 21.9 Å². The second-order valence-corrected chi connectivity index (χ2v) is 8.86. The molecule has 5 aromatic rings. The predicted molar refractivity (Wildman–Crippen MR) is 139 cm³/mol. The van der Waals surface area contributed by atoms with E-state index in [1.807, 2.05) is 41.3 Å². The fraction of sp³-hybridized carbons (Fsp3) is 0.167. The molecule has 2 heterocycles. The van der Waals surface area contributed by atoms with Gasteiger partial charge in [-0.3, -0.25) is 4.79 Å². The maximum Gasteiger partial charge on any atom is 0.256 e. The lowest BCUT2D eigenvalue weighted by Gasteiger charge is -2.27. The first-order valence-corrected chi connectivity index (χ1v) is 12.0. The van der Waals surface area contributed by atoms with Gasteiger partial charge in [0.25, 0.3) is 5.91 Å². The molecule has 1 aromatic heterocycles. The second kappa shape index (κ2) is 8.38. The molecule has 0 saturated carbocycles. The van der Waals surface area contributed by atoms with E-state index in [2.05, 4.69) is 77.5 Å². The number of carbonyl (C=O) groups is 1. The normalized spacial score (nSPS) is 15.3. The van der Waals surface area contributed by atoms with Gasteiger partial charge in [-0.05, 0) is 49.2 Å². The van der Waals surface area contributed by atoms with Crippen molar-refractivity contribution in [3.8, 4) is 0 Å². The third kappa shape index (κ3) is 3.34. The number of rotatable bonds is 6. The summed E-state index contributed by atoms with van der Waals surface area (Å²) in [6.07, 6.45) is 0.631. The number of hydrogen-bond donors (Lipinski definition) is 1. The number of aryl methyl sites for hydroxylation is 1. The molecule has 0 aliphatic carbocycles. The molecule has 0 saturated heterocycles. The SMILES string of the molecule is CCn1c2ccccc2c2cc(NC3c4ccccc4C(=O)N3CCc3ccccc3)ccc21. The highest BCUT2D eigenvalue weighted by atomic mass is 16.2. The first-order chi connectivity index (χ1) is 16.7. The first kappa shape index (κ1) is 20.5. The van der Waals surface area contributed by atoms with Crippen molar-refractivity contribution in [1.82, 2.24) is 9.47 Å². The first-order valence-electron chi connectivity index (χ1n) is 12.0. The molecule has 168 valence electrons. The maximum atomic E-state index is 13.3. The Morgan fingerprint density at radius 2 is 1.53 bits per heavy atom. The number of carbonyl (C=O) groups excluding carboxylic acids is 1. The van der Waals surface area contributed by atoms with E-state index in [0.29, 0.717) is 6.54 Å². The van der Waals surface area contributed by atoms with Gasteiger partial charge >= 0.3 is 0 Å². The van der Waals surface area contributed by atoms with Crippen molar-refractivity contribution < 1.29 is 4.79 Å². The molecule has 34 heavy (non-hydrogen) atoms. The van der Waals surface area contributed by atoms with Crippen LogP contribution >= 0.6 is 0 Å². The molecule has 1 aliphatic rings. The van der Waals surface area contributed by atoms with Crippen molar-refractivity contribution in [3.05, 3.63) is 114 Å². The van der Waals surface area contributed by atoms with Gasteiger partial charge in [0.2, 0.25) is 0 Å². The largest absolute Gasteiger partial charge is 0.361 e. The Morgan fingerprint density at radius 3 is 2.38 bits per heavy atom. The summed E-state index contributed by atoms with van der Waals surface area (Å²) >= 11 is 0. The van der Waals surface area contributed by atoms with E-state index in [1.54, 1.807) is 0 Å². The number of benzene rings is 4. The lowest BCUT2D eigenvalue weighted by Crippen LogP contribution is -2.34. The molecule has 1 atom stereocenters. The summed E-state index contributed by atoms with van der Waals surface area (Å²) in [4.78, 5) is 15.3. The third-order valence-electron chi connectivity index (χ3n) is 6.93. The van der Waals surface area contributed by atoms with Crippen LogP contribution in [0, 0.1) is 0 Å². The van der Waals surface area contributed by atoms with E-state index in [9.17, 15) is 4.79 Å². The summed E-state index contributed by atoms with van der Waals surface area (Å²) in [5.74, 6) is 0.0905. The molecule has 0 radical (unpaired) electrons. The van der Waals surface area contributed by atoms with Crippen molar-refractivity contribution in [2.75, 3.05) is 11.9 Å². The lowest BCUT2D eigenvalue weighted by molar-refractivity contribution is 0.0745. The third-order valence-corrected chi connectivity index (χ3v) is 6.93. The molecule has 1 aliphatic heterocycles. The molecule has 4 nitrogen and oxygen atoms in total. The van der Waals surface area contributed by atoms with Crippen LogP contribution in [0.5, 0.6) is 0 Å². The van der Waals surface area contributed by atoms with E-state index in [-0.39, 0.29) is 12.1 Å². The number of amides is 1. The molecule has 1 unspecified atom stereocenters. The number of hydrogen-bond acceptors (Lipinski definition) is 2. The van der Waals surface area contributed by atoms with Gasteiger partial charge in [0.05, 0.1) is 0 Å². The number of aromatic nitrogens is 1. The van der Waals surface area contributed by atoms with Gasteiger partial charge < -0.3 is 14.8 Å². The minimum absolute atomic E-state index is 0.0905. The average Bonchev–Trinajstić information content (AvgIpc) is 3.35. The van der Waals surface area contributed by atoms with Crippen LogP contribution in [0.3, 0.4) is 0 Å². The smallest absolute Gasteiger partial charge is 0.256 e. The monoisotopic (exact) mass is 445 g/mol. The summed E-state index contributed by atoms with van der Waals surface area (Å²) in [5, 5.41) is 6.18. The Hall–Kier alpha value is -4.05. The highest BCUT2D eigenvalue weighted by molar-refractivity contribution is 6.09. The number of anilines is 1. The highest BCUT2D eigenvalue weighted by Gasteiger charge is 2.36. The fourth-order valence-electron chi connectivity index (χ4n) is 5.29. The van der Waals surface area contributed by atoms with Crippen LogP contribution in [0.4, 0.5) is 5.69 Å². The minimum atomic E-state index is -0.190. The van der Waals surface area contributed by atoms with Crippen LogP contribution < -0.4 is 5.32 Å². The van der Waals surface area contributed by atoms with Crippen LogP contribution in [0.2, 0.25) is 0 Å². The van der Waals surface area contributed by atoms with Crippen LogP contribution in [0.15, 0.2) is 97.1 Å². The van der Waals surface area contributed by atoms with Crippen LogP contribution in [0.25, 0.3) is 21.8 Å². The summed E-state index contributed by atoms with van der Waals surface area (Å²) < 4.78 is 2.36. The van der Waals surface area contributed by atoms with Crippen LogP contribution in [-0.2, 0) is 13.0 Å². The molecule has 1 N–H and O–H groups in total. The van der Waals surface area contributed by atoms with Gasteiger partial charge in [-0.25, -0.2) is 0 Å². The predicted octanol–water partition coefficient (Wildman–Crippen LogP) is 6.62. The molecule has 6 rings (SSSR count). The Bertz CT molecular complexity index is 1500. The minimum Gasteiger partial charge on any atom is -0.361 e. The Morgan fingerprint density at radius 1 is 0.794 bits per heavy atom. The Balaban J connectivity index is 1.37. The average molecular weight is 446 g/mol. The Kier molecular flexibility index (Phi) is 5.06. The molecule has 0 fully saturated rings. The van der Waals surface area contributed by atoms with Gasteiger partial charge in [0.1, 0.15) is 6.17 Å². The standard InChI is InChI=1S/C30H27N3O/c1-2-32-27-15-9-8-12-23(27)26-20-22(16-17-28(26)32)31-29-24-13-6-7-14-25(24)30(34)33(29)19-18-21-10-4-3-5-11-21/h3-17,20,29,31H,2,18-19H2,1H3. The number of nitrogens with zero attached hydrogens (tertiary/aromatic N) is 2. The molecular formula is C30H27N3O. The van der Waals surface area contributed by atoms with E-state index >= 15 is 0 Å². The van der Waals surface area contributed by atoms with E-state index in [4.69, 9.17) is 0 Å². The van der Waals surface area contributed by atoms with Crippen molar-refractivity contribution in [2.24, 2.45) is 0 Å². The van der Waals surface area contributed by atoms with Crippen molar-refractivity contribution in [1.29, 1.82) is 0 Å². The van der Waals surface area contributed by atoms with E-state index < -0.39 is 0 Å². The number of nitrogens with one attached hydrogen (secondary N) is 1. The van der Waals surface area contributed by atoms with Crippen molar-refractivity contribution in [3.63, 3.8) is 0 Å². The van der Waals surface area contributed by atoms with Crippen LogP contribution in [0.1, 0.15) is 34.6 Å². The molecular weight excluding hydrogens is 418 g/mol. The summed E-state index contributed by atoms with van der Waals surface area (Å²) in [7, 11) is 0. The zero-order chi connectivity index (χ0) is 23.1. The quantitative estimate of drug-likeness (QED) is 0.319. The second-order valence-electron chi connectivity index (χ2n) is 8.86. The maximum absolute atomic E-state index is 13.3.